The zero-order valence-corrected chi connectivity index (χ0v) is 15.7. The van der Waals surface area contributed by atoms with Gasteiger partial charge in [-0.15, -0.1) is 11.3 Å². The Morgan fingerprint density at radius 3 is 2.58 bits per heavy atom. The molecule has 6 heteroatoms. The van der Waals surface area contributed by atoms with E-state index in [1.165, 1.54) is 0 Å². The number of amides is 1. The van der Waals surface area contributed by atoms with E-state index in [4.69, 9.17) is 5.10 Å². The van der Waals surface area contributed by atoms with Crippen molar-refractivity contribution in [3.05, 3.63) is 59.6 Å². The van der Waals surface area contributed by atoms with Crippen molar-refractivity contribution in [2.45, 2.75) is 6.92 Å². The van der Waals surface area contributed by atoms with Crippen LogP contribution < -0.4 is 4.90 Å². The minimum atomic E-state index is 0.0886. The van der Waals surface area contributed by atoms with Crippen LogP contribution in [0.2, 0.25) is 0 Å². The fourth-order valence-electron chi connectivity index (χ4n) is 3.39. The molecule has 3 aromatic rings. The van der Waals surface area contributed by atoms with Gasteiger partial charge in [-0.2, -0.15) is 5.10 Å². The van der Waals surface area contributed by atoms with Crippen LogP contribution in [0.1, 0.15) is 17.3 Å². The van der Waals surface area contributed by atoms with Crippen LogP contribution in [0.4, 0.5) is 0 Å². The molecule has 1 amide bonds. The summed E-state index contributed by atoms with van der Waals surface area (Å²) in [6.45, 7) is 6.97. The Kier molecular flexibility index (Phi) is 4.86. The van der Waals surface area contributed by atoms with Gasteiger partial charge in [0.25, 0.3) is 5.91 Å². The van der Waals surface area contributed by atoms with Crippen LogP contribution in [-0.2, 0) is 0 Å². The third-order valence-corrected chi connectivity index (χ3v) is 5.85. The van der Waals surface area contributed by atoms with Crippen LogP contribution in [-0.4, -0.2) is 53.3 Å². The molecule has 0 aliphatic carbocycles. The number of benzene rings is 1. The Morgan fingerprint density at radius 1 is 1.15 bits per heavy atom. The molecule has 1 N–H and O–H groups in total. The summed E-state index contributed by atoms with van der Waals surface area (Å²) in [6, 6.07) is 14.0. The minimum absolute atomic E-state index is 0.0886. The lowest BCUT2D eigenvalue weighted by molar-refractivity contribution is -0.902. The summed E-state index contributed by atoms with van der Waals surface area (Å²) in [5.41, 5.74) is 2.43. The first kappa shape index (κ1) is 17.0. The third kappa shape index (κ3) is 3.30. The van der Waals surface area contributed by atoms with Crippen LogP contribution in [0.25, 0.3) is 16.3 Å². The number of carbonyl (C=O) groups excluding carboxylic acids is 1. The van der Waals surface area contributed by atoms with Crippen LogP contribution in [0.15, 0.2) is 54.0 Å². The number of hydrogen-bond acceptors (Lipinski definition) is 3. The predicted molar refractivity (Wildman–Crippen MR) is 104 cm³/mol. The van der Waals surface area contributed by atoms with Gasteiger partial charge < -0.3 is 9.80 Å². The molecule has 1 aliphatic heterocycles. The third-order valence-electron chi connectivity index (χ3n) is 4.98. The van der Waals surface area contributed by atoms with Crippen molar-refractivity contribution < 1.29 is 9.69 Å². The monoisotopic (exact) mass is 367 g/mol. The zero-order valence-electron chi connectivity index (χ0n) is 14.9. The van der Waals surface area contributed by atoms with Crippen molar-refractivity contribution in [3.8, 4) is 16.3 Å². The largest absolute Gasteiger partial charge is 0.332 e. The van der Waals surface area contributed by atoms with Gasteiger partial charge in [0.15, 0.2) is 0 Å². The van der Waals surface area contributed by atoms with Crippen LogP contribution in [0.3, 0.4) is 0 Å². The topological polar surface area (TPSA) is 42.6 Å². The second kappa shape index (κ2) is 7.43. The lowest BCUT2D eigenvalue weighted by Gasteiger charge is -2.31. The highest BCUT2D eigenvalue weighted by molar-refractivity contribution is 7.13. The molecular formula is C20H23N4OS+. The second-order valence-electron chi connectivity index (χ2n) is 6.54. The predicted octanol–water partition coefficient (Wildman–Crippen LogP) is 1.96. The molecule has 1 aliphatic rings. The quantitative estimate of drug-likeness (QED) is 0.766. The lowest BCUT2D eigenvalue weighted by atomic mass is 10.1. The van der Waals surface area contributed by atoms with E-state index in [0.29, 0.717) is 5.56 Å². The number of nitrogens with zero attached hydrogens (tertiary/aromatic N) is 3. The molecule has 26 heavy (non-hydrogen) atoms. The molecular weight excluding hydrogens is 344 g/mol. The van der Waals surface area contributed by atoms with Gasteiger partial charge in [-0.3, -0.25) is 4.79 Å². The molecule has 0 saturated carbocycles. The molecule has 0 unspecified atom stereocenters. The summed E-state index contributed by atoms with van der Waals surface area (Å²) in [7, 11) is 0. The second-order valence-corrected chi connectivity index (χ2v) is 7.49. The van der Waals surface area contributed by atoms with Crippen molar-refractivity contribution in [2.75, 3.05) is 32.7 Å². The van der Waals surface area contributed by atoms with Crippen LogP contribution in [0, 0.1) is 0 Å². The summed E-state index contributed by atoms with van der Waals surface area (Å²) >= 11 is 1.62. The zero-order chi connectivity index (χ0) is 17.9. The van der Waals surface area contributed by atoms with Gasteiger partial charge in [-0.25, -0.2) is 4.68 Å². The molecule has 4 rings (SSSR count). The molecule has 3 heterocycles. The van der Waals surface area contributed by atoms with E-state index in [1.807, 2.05) is 63.6 Å². The number of thiophene rings is 1. The highest BCUT2D eigenvalue weighted by atomic mass is 32.1. The lowest BCUT2D eigenvalue weighted by Crippen LogP contribution is -3.14. The SMILES string of the molecule is CC[NH+]1CCN(C(=O)c2cn(-c3ccccc3)nc2-c2cccs2)CC1. The van der Waals surface area contributed by atoms with Crippen molar-refractivity contribution >= 4 is 17.2 Å². The normalized spacial score (nSPS) is 15.3. The fourth-order valence-corrected chi connectivity index (χ4v) is 4.11. The van der Waals surface area contributed by atoms with Crippen LogP contribution >= 0.6 is 11.3 Å². The van der Waals surface area contributed by atoms with Gasteiger partial charge in [0, 0.05) is 6.20 Å². The standard InChI is InChI=1S/C20H22N4OS/c1-2-22-10-12-23(13-11-22)20(25)17-15-24(16-7-4-3-5-8-16)21-19(17)18-9-6-14-26-18/h3-9,14-15H,2,10-13H2,1H3/p+1. The Labute approximate surface area is 157 Å². The Hall–Kier alpha value is -2.44. The van der Waals surface area contributed by atoms with E-state index in [1.54, 1.807) is 16.2 Å². The Bertz CT molecular complexity index is 865. The first-order chi connectivity index (χ1) is 12.8. The summed E-state index contributed by atoms with van der Waals surface area (Å²) in [4.78, 5) is 17.8. The maximum Gasteiger partial charge on any atom is 0.258 e. The molecule has 0 bridgehead atoms. The van der Waals surface area contributed by atoms with E-state index in [2.05, 4.69) is 6.92 Å². The number of hydrogen-bond donors (Lipinski definition) is 1. The summed E-state index contributed by atoms with van der Waals surface area (Å²) in [6.07, 6.45) is 1.88. The minimum Gasteiger partial charge on any atom is -0.332 e. The molecule has 5 nitrogen and oxygen atoms in total. The molecule has 2 aromatic heterocycles. The number of likely N-dealkylation sites (N-methyl/N-ethyl adjacent to an activating group) is 1. The Balaban J connectivity index is 1.68. The van der Waals surface area contributed by atoms with Crippen LogP contribution in [0.5, 0.6) is 0 Å². The fraction of sp³-hybridized carbons (Fsp3) is 0.300. The van der Waals surface area contributed by atoms with Gasteiger partial charge >= 0.3 is 0 Å². The maximum atomic E-state index is 13.2. The number of quaternary nitrogens is 1. The molecule has 1 saturated heterocycles. The maximum absolute atomic E-state index is 13.2. The van der Waals surface area contributed by atoms with Crippen molar-refractivity contribution in [1.82, 2.24) is 14.7 Å². The number of piperazine rings is 1. The number of para-hydroxylation sites is 1. The average molecular weight is 367 g/mol. The number of rotatable bonds is 4. The van der Waals surface area contributed by atoms with Gasteiger partial charge in [-0.05, 0) is 30.5 Å². The molecule has 1 aromatic carbocycles. The molecule has 0 radical (unpaired) electrons. The first-order valence-corrected chi connectivity index (χ1v) is 9.96. The highest BCUT2D eigenvalue weighted by Gasteiger charge is 2.27. The van der Waals surface area contributed by atoms with Crippen molar-refractivity contribution in [2.24, 2.45) is 0 Å². The highest BCUT2D eigenvalue weighted by Crippen LogP contribution is 2.28. The van der Waals surface area contributed by atoms with Crippen molar-refractivity contribution in [3.63, 3.8) is 0 Å². The van der Waals surface area contributed by atoms with Gasteiger partial charge in [0.2, 0.25) is 0 Å². The van der Waals surface area contributed by atoms with Gasteiger partial charge in [0.1, 0.15) is 5.69 Å². The van der Waals surface area contributed by atoms with E-state index in [0.717, 1.165) is 49.0 Å². The smallest absolute Gasteiger partial charge is 0.258 e. The molecule has 1 fully saturated rings. The summed E-state index contributed by atoms with van der Waals surface area (Å²) in [5, 5.41) is 6.77. The van der Waals surface area contributed by atoms with E-state index in [-0.39, 0.29) is 5.91 Å². The number of nitrogens with one attached hydrogen (secondary N) is 1. The van der Waals surface area contributed by atoms with E-state index >= 15 is 0 Å². The van der Waals surface area contributed by atoms with Gasteiger partial charge in [0.05, 0.1) is 48.9 Å². The average Bonchev–Trinajstić information content (AvgIpc) is 3.38. The molecule has 134 valence electrons. The van der Waals surface area contributed by atoms with Gasteiger partial charge in [-0.1, -0.05) is 24.3 Å². The van der Waals surface area contributed by atoms with Crippen molar-refractivity contribution in [1.29, 1.82) is 0 Å². The van der Waals surface area contributed by atoms with E-state index < -0.39 is 0 Å². The first-order valence-electron chi connectivity index (χ1n) is 9.08. The Morgan fingerprint density at radius 2 is 1.92 bits per heavy atom. The molecule has 0 spiro atoms. The summed E-state index contributed by atoms with van der Waals surface area (Å²) < 4.78 is 1.82. The number of carbonyl (C=O) groups is 1. The molecule has 0 atom stereocenters. The number of aromatic nitrogens is 2. The summed E-state index contributed by atoms with van der Waals surface area (Å²) in [5.74, 6) is 0.0886. The van der Waals surface area contributed by atoms with E-state index in [9.17, 15) is 4.79 Å².